The van der Waals surface area contributed by atoms with Crippen molar-refractivity contribution in [2.45, 2.75) is 19.0 Å². The Morgan fingerprint density at radius 3 is 2.46 bits per heavy atom. The Bertz CT molecular complexity index is 722. The monoisotopic (exact) mass is 357 g/mol. The molecule has 1 fully saturated rings. The molecule has 26 heavy (non-hydrogen) atoms. The van der Waals surface area contributed by atoms with Crippen molar-refractivity contribution in [3.63, 3.8) is 0 Å². The van der Waals surface area contributed by atoms with E-state index in [4.69, 9.17) is 4.74 Å². The van der Waals surface area contributed by atoms with Crippen molar-refractivity contribution in [2.75, 3.05) is 38.7 Å². The van der Waals surface area contributed by atoms with Gasteiger partial charge in [-0.15, -0.1) is 0 Å². The first kappa shape index (κ1) is 18.6. The Hall–Kier alpha value is -2.22. The number of aromatic nitrogens is 2. The first-order valence-corrected chi connectivity index (χ1v) is 8.97. The Morgan fingerprint density at radius 2 is 1.88 bits per heavy atom. The summed E-state index contributed by atoms with van der Waals surface area (Å²) < 4.78 is 7.11. The van der Waals surface area contributed by atoms with E-state index in [0.29, 0.717) is 6.04 Å². The van der Waals surface area contributed by atoms with Crippen molar-refractivity contribution >= 4 is 11.6 Å². The number of benzene rings is 1. The summed E-state index contributed by atoms with van der Waals surface area (Å²) in [5.74, 6) is -0.102. The van der Waals surface area contributed by atoms with E-state index in [1.165, 1.54) is 5.56 Å². The molecule has 7 nitrogen and oxygen atoms in total. The average molecular weight is 357 g/mol. The summed E-state index contributed by atoms with van der Waals surface area (Å²) in [6, 6.07) is 7.97. The van der Waals surface area contributed by atoms with Crippen LogP contribution in [0.2, 0.25) is 0 Å². The van der Waals surface area contributed by atoms with Crippen LogP contribution >= 0.6 is 0 Å². The van der Waals surface area contributed by atoms with Crippen LogP contribution in [-0.4, -0.2) is 53.9 Å². The Morgan fingerprint density at radius 1 is 1.19 bits per heavy atom. The minimum atomic E-state index is -0.435. The molecule has 0 spiro atoms. The summed E-state index contributed by atoms with van der Waals surface area (Å²) in [5, 5.41) is 10.1. The van der Waals surface area contributed by atoms with E-state index in [-0.39, 0.29) is 5.91 Å². The van der Waals surface area contributed by atoms with E-state index < -0.39 is 6.04 Å². The topological polar surface area (TPSA) is 71.4 Å². The van der Waals surface area contributed by atoms with Gasteiger partial charge < -0.3 is 15.4 Å². The maximum absolute atomic E-state index is 12.6. The summed E-state index contributed by atoms with van der Waals surface area (Å²) in [4.78, 5) is 15.0. The zero-order valence-electron chi connectivity index (χ0n) is 15.6. The number of carbonyl (C=O) groups excluding carboxylic acids is 1. The number of carbonyl (C=O) groups is 1. The molecular weight excluding hydrogens is 330 g/mol. The SMILES string of the molecule is CNC(C(=O)Nc1ccc(C(C)N2CCOCC2)cc1)c1cnn(C)c1. The van der Waals surface area contributed by atoms with Gasteiger partial charge in [0.2, 0.25) is 5.91 Å². The highest BCUT2D eigenvalue weighted by molar-refractivity contribution is 5.95. The number of likely N-dealkylation sites (N-methyl/N-ethyl adjacent to an activating group) is 1. The standard InChI is InChI=1S/C19H27N5O2/c1-14(24-8-10-26-11-9-24)15-4-6-17(7-5-15)22-19(25)18(20-2)16-12-21-23(3)13-16/h4-7,12-14,18,20H,8-11H2,1-3H3,(H,22,25). The number of hydrogen-bond donors (Lipinski definition) is 2. The van der Waals surface area contributed by atoms with Gasteiger partial charge in [0.25, 0.3) is 0 Å². The molecule has 2 atom stereocenters. The number of nitrogens with zero attached hydrogens (tertiary/aromatic N) is 3. The van der Waals surface area contributed by atoms with Gasteiger partial charge >= 0.3 is 0 Å². The summed E-state index contributed by atoms with van der Waals surface area (Å²) in [7, 11) is 3.60. The third-order valence-electron chi connectivity index (χ3n) is 4.86. The number of aryl methyl sites for hydroxylation is 1. The van der Waals surface area contributed by atoms with E-state index in [2.05, 4.69) is 39.7 Å². The van der Waals surface area contributed by atoms with Crippen LogP contribution in [0.3, 0.4) is 0 Å². The van der Waals surface area contributed by atoms with Gasteiger partial charge in [0.1, 0.15) is 6.04 Å². The van der Waals surface area contributed by atoms with E-state index in [0.717, 1.165) is 37.6 Å². The minimum Gasteiger partial charge on any atom is -0.379 e. The molecule has 1 aliphatic rings. The fraction of sp³-hybridized carbons (Fsp3) is 0.474. The molecule has 1 saturated heterocycles. The molecule has 1 aliphatic heterocycles. The molecule has 1 aromatic heterocycles. The van der Waals surface area contributed by atoms with Crippen molar-refractivity contribution in [1.29, 1.82) is 0 Å². The number of ether oxygens (including phenoxy) is 1. The highest BCUT2D eigenvalue weighted by Crippen LogP contribution is 2.23. The number of anilines is 1. The van der Waals surface area contributed by atoms with Crippen LogP contribution in [0, 0.1) is 0 Å². The number of hydrogen-bond acceptors (Lipinski definition) is 5. The predicted octanol–water partition coefficient (Wildman–Crippen LogP) is 1.71. The van der Waals surface area contributed by atoms with Gasteiger partial charge in [-0.3, -0.25) is 14.4 Å². The fourth-order valence-electron chi connectivity index (χ4n) is 3.27. The van der Waals surface area contributed by atoms with Crippen LogP contribution in [0.25, 0.3) is 0 Å². The fourth-order valence-corrected chi connectivity index (χ4v) is 3.27. The molecule has 2 unspecified atom stereocenters. The second-order valence-electron chi connectivity index (χ2n) is 6.60. The summed E-state index contributed by atoms with van der Waals surface area (Å²) >= 11 is 0. The van der Waals surface area contributed by atoms with Crippen LogP contribution in [0.4, 0.5) is 5.69 Å². The summed E-state index contributed by atoms with van der Waals surface area (Å²) in [5.41, 5.74) is 2.87. The summed E-state index contributed by atoms with van der Waals surface area (Å²) in [6.45, 7) is 5.69. The Balaban J connectivity index is 1.63. The zero-order chi connectivity index (χ0) is 18.5. The molecule has 0 radical (unpaired) electrons. The first-order valence-electron chi connectivity index (χ1n) is 8.97. The van der Waals surface area contributed by atoms with Crippen LogP contribution in [0.15, 0.2) is 36.7 Å². The van der Waals surface area contributed by atoms with E-state index >= 15 is 0 Å². The van der Waals surface area contributed by atoms with Crippen LogP contribution in [0.5, 0.6) is 0 Å². The highest BCUT2D eigenvalue weighted by Gasteiger charge is 2.21. The van der Waals surface area contributed by atoms with Crippen molar-refractivity contribution < 1.29 is 9.53 Å². The van der Waals surface area contributed by atoms with E-state index in [1.807, 2.05) is 25.4 Å². The predicted molar refractivity (Wildman–Crippen MR) is 101 cm³/mol. The van der Waals surface area contributed by atoms with Gasteiger partial charge in [-0.2, -0.15) is 5.10 Å². The van der Waals surface area contributed by atoms with Crippen LogP contribution < -0.4 is 10.6 Å². The summed E-state index contributed by atoms with van der Waals surface area (Å²) in [6.07, 6.45) is 3.54. The maximum Gasteiger partial charge on any atom is 0.246 e. The molecule has 1 aromatic carbocycles. The van der Waals surface area contributed by atoms with Crippen LogP contribution in [-0.2, 0) is 16.6 Å². The van der Waals surface area contributed by atoms with Crippen molar-refractivity contribution in [1.82, 2.24) is 20.0 Å². The molecule has 0 aliphatic carbocycles. The molecule has 2 N–H and O–H groups in total. The first-order chi connectivity index (χ1) is 12.6. The molecule has 3 rings (SSSR count). The molecular formula is C19H27N5O2. The van der Waals surface area contributed by atoms with E-state index in [9.17, 15) is 4.79 Å². The van der Waals surface area contributed by atoms with Gasteiger partial charge in [-0.1, -0.05) is 12.1 Å². The highest BCUT2D eigenvalue weighted by atomic mass is 16.5. The molecule has 7 heteroatoms. The Kier molecular flexibility index (Phi) is 6.03. The lowest BCUT2D eigenvalue weighted by Crippen LogP contribution is -2.38. The van der Waals surface area contributed by atoms with E-state index in [1.54, 1.807) is 17.9 Å². The largest absolute Gasteiger partial charge is 0.379 e. The van der Waals surface area contributed by atoms with Gasteiger partial charge in [0, 0.05) is 43.6 Å². The number of amides is 1. The quantitative estimate of drug-likeness (QED) is 0.824. The van der Waals surface area contributed by atoms with Gasteiger partial charge in [0.15, 0.2) is 0 Å². The van der Waals surface area contributed by atoms with Crippen LogP contribution in [0.1, 0.15) is 30.1 Å². The smallest absolute Gasteiger partial charge is 0.246 e. The minimum absolute atomic E-state index is 0.102. The normalized spacial score (nSPS) is 17.7. The van der Waals surface area contributed by atoms with Gasteiger partial charge in [-0.25, -0.2) is 0 Å². The van der Waals surface area contributed by atoms with Crippen molar-refractivity contribution in [3.8, 4) is 0 Å². The second-order valence-corrected chi connectivity index (χ2v) is 6.60. The van der Waals surface area contributed by atoms with Crippen molar-refractivity contribution in [2.24, 2.45) is 7.05 Å². The maximum atomic E-state index is 12.6. The van der Waals surface area contributed by atoms with Gasteiger partial charge in [0.05, 0.1) is 19.4 Å². The number of nitrogens with one attached hydrogen (secondary N) is 2. The lowest BCUT2D eigenvalue weighted by atomic mass is 10.1. The molecule has 2 aromatic rings. The lowest BCUT2D eigenvalue weighted by Gasteiger charge is -2.32. The third kappa shape index (κ3) is 4.30. The van der Waals surface area contributed by atoms with Crippen molar-refractivity contribution in [3.05, 3.63) is 47.8 Å². The molecule has 1 amide bonds. The average Bonchev–Trinajstić information content (AvgIpc) is 3.09. The third-order valence-corrected chi connectivity index (χ3v) is 4.86. The lowest BCUT2D eigenvalue weighted by molar-refractivity contribution is -0.118. The Labute approximate surface area is 154 Å². The van der Waals surface area contributed by atoms with Gasteiger partial charge in [-0.05, 0) is 31.7 Å². The molecule has 0 saturated carbocycles. The molecule has 140 valence electrons. The molecule has 2 heterocycles. The molecule has 0 bridgehead atoms. The zero-order valence-corrected chi connectivity index (χ0v) is 15.6. The second kappa shape index (κ2) is 8.44. The number of morpholine rings is 1. The number of rotatable bonds is 6.